The van der Waals surface area contributed by atoms with Crippen molar-refractivity contribution in [2.24, 2.45) is 5.10 Å². The van der Waals surface area contributed by atoms with Crippen LogP contribution in [0.3, 0.4) is 0 Å². The normalized spacial score (nSPS) is 11.2. The van der Waals surface area contributed by atoms with Crippen molar-refractivity contribution < 1.29 is 27.4 Å². The molecule has 0 saturated heterocycles. The van der Waals surface area contributed by atoms with Gasteiger partial charge >= 0.3 is 6.18 Å². The van der Waals surface area contributed by atoms with Crippen LogP contribution in [0.25, 0.3) is 0 Å². The van der Waals surface area contributed by atoms with Gasteiger partial charge in [0, 0.05) is 11.3 Å². The monoisotopic (exact) mass is 413 g/mol. The van der Waals surface area contributed by atoms with Gasteiger partial charge in [-0.05, 0) is 42.5 Å². The summed E-state index contributed by atoms with van der Waals surface area (Å²) in [5, 5.41) is 6.63. The Kier molecular flexibility index (Phi) is 7.05. The van der Waals surface area contributed by atoms with Crippen molar-refractivity contribution in [3.05, 3.63) is 47.5 Å². The van der Waals surface area contributed by atoms with Crippen LogP contribution in [-0.4, -0.2) is 32.7 Å². The zero-order valence-corrected chi connectivity index (χ0v) is 16.1. The molecule has 2 aromatic carbocycles. The molecule has 28 heavy (non-hydrogen) atoms. The summed E-state index contributed by atoms with van der Waals surface area (Å²) < 4.78 is 54.0. The summed E-state index contributed by atoms with van der Waals surface area (Å²) in [6.45, 7) is 0. The lowest BCUT2D eigenvalue weighted by Gasteiger charge is -2.13. The number of methoxy groups -OCH3 is 3. The average molecular weight is 413 g/mol. The zero-order valence-electron chi connectivity index (χ0n) is 15.3. The molecule has 0 unspecified atom stereocenters. The summed E-state index contributed by atoms with van der Waals surface area (Å²) in [4.78, 5) is 0. The number of halogens is 3. The summed E-state index contributed by atoms with van der Waals surface area (Å²) >= 11 is 5.04. The SMILES string of the molecule is COc1cc(/C=N/NC(=S)Nc2cccc(C(F)(F)F)c2)cc(OC)c1OC. The molecule has 10 heteroatoms. The average Bonchev–Trinajstić information content (AvgIpc) is 2.66. The number of alkyl halides is 3. The zero-order chi connectivity index (χ0) is 20.7. The third-order valence-corrected chi connectivity index (χ3v) is 3.71. The lowest BCUT2D eigenvalue weighted by Crippen LogP contribution is -2.24. The van der Waals surface area contributed by atoms with Crippen LogP contribution in [0.4, 0.5) is 18.9 Å². The quantitative estimate of drug-likeness (QED) is 0.423. The molecule has 0 aliphatic heterocycles. The van der Waals surface area contributed by atoms with Crippen molar-refractivity contribution in [1.29, 1.82) is 0 Å². The minimum Gasteiger partial charge on any atom is -0.493 e. The van der Waals surface area contributed by atoms with Crippen molar-refractivity contribution in [3.63, 3.8) is 0 Å². The lowest BCUT2D eigenvalue weighted by atomic mass is 10.2. The molecule has 0 amide bonds. The molecular weight excluding hydrogens is 395 g/mol. The molecule has 2 rings (SSSR count). The predicted molar refractivity (Wildman–Crippen MR) is 104 cm³/mol. The fourth-order valence-corrected chi connectivity index (χ4v) is 2.44. The van der Waals surface area contributed by atoms with Crippen LogP contribution in [-0.2, 0) is 6.18 Å². The summed E-state index contributed by atoms with van der Waals surface area (Å²) in [5.74, 6) is 1.35. The maximum absolute atomic E-state index is 12.7. The molecule has 2 aromatic rings. The van der Waals surface area contributed by atoms with E-state index in [1.54, 1.807) is 12.1 Å². The van der Waals surface area contributed by atoms with E-state index < -0.39 is 11.7 Å². The van der Waals surface area contributed by atoms with E-state index in [0.717, 1.165) is 12.1 Å². The first-order chi connectivity index (χ1) is 13.3. The van der Waals surface area contributed by atoms with E-state index >= 15 is 0 Å². The van der Waals surface area contributed by atoms with Crippen LogP contribution < -0.4 is 25.0 Å². The van der Waals surface area contributed by atoms with Gasteiger partial charge in [-0.3, -0.25) is 5.43 Å². The van der Waals surface area contributed by atoms with Crippen molar-refractivity contribution in [2.75, 3.05) is 26.6 Å². The molecule has 0 spiro atoms. The minimum atomic E-state index is -4.43. The number of thiocarbonyl (C=S) groups is 1. The van der Waals surface area contributed by atoms with E-state index in [-0.39, 0.29) is 10.8 Å². The number of hydrazone groups is 1. The minimum absolute atomic E-state index is 0.0306. The van der Waals surface area contributed by atoms with E-state index in [9.17, 15) is 13.2 Å². The van der Waals surface area contributed by atoms with Gasteiger partial charge in [0.1, 0.15) is 0 Å². The molecule has 0 aliphatic rings. The van der Waals surface area contributed by atoms with Crippen molar-refractivity contribution in [2.45, 2.75) is 6.18 Å². The van der Waals surface area contributed by atoms with Crippen LogP contribution in [0, 0.1) is 0 Å². The molecule has 6 nitrogen and oxygen atoms in total. The van der Waals surface area contributed by atoms with E-state index in [1.807, 2.05) is 0 Å². The molecule has 0 bridgehead atoms. The molecule has 150 valence electrons. The van der Waals surface area contributed by atoms with E-state index in [0.29, 0.717) is 22.8 Å². The van der Waals surface area contributed by atoms with Gasteiger partial charge < -0.3 is 19.5 Å². The Balaban J connectivity index is 2.06. The Morgan fingerprint density at radius 3 is 2.21 bits per heavy atom. The highest BCUT2D eigenvalue weighted by Gasteiger charge is 2.30. The third-order valence-electron chi connectivity index (χ3n) is 3.51. The van der Waals surface area contributed by atoms with Crippen molar-refractivity contribution >= 4 is 29.2 Å². The molecule has 2 N–H and O–H groups in total. The second-order valence-electron chi connectivity index (χ2n) is 5.36. The Morgan fingerprint density at radius 1 is 1.04 bits per heavy atom. The fourth-order valence-electron chi connectivity index (χ4n) is 2.27. The van der Waals surface area contributed by atoms with Gasteiger partial charge in [-0.2, -0.15) is 18.3 Å². The first-order valence-electron chi connectivity index (χ1n) is 7.85. The van der Waals surface area contributed by atoms with Gasteiger partial charge in [0.25, 0.3) is 0 Å². The van der Waals surface area contributed by atoms with Crippen molar-refractivity contribution in [1.82, 2.24) is 5.43 Å². The van der Waals surface area contributed by atoms with Gasteiger partial charge in [-0.25, -0.2) is 0 Å². The molecular formula is C18H18F3N3O3S. The van der Waals surface area contributed by atoms with Crippen LogP contribution >= 0.6 is 12.2 Å². The third kappa shape index (κ3) is 5.49. The first-order valence-corrected chi connectivity index (χ1v) is 8.26. The highest BCUT2D eigenvalue weighted by atomic mass is 32.1. The van der Waals surface area contributed by atoms with E-state index in [2.05, 4.69) is 15.8 Å². The molecule has 0 atom stereocenters. The number of hydrogen-bond acceptors (Lipinski definition) is 5. The Labute approximate surface area is 165 Å². The maximum Gasteiger partial charge on any atom is 0.416 e. The fraction of sp³-hybridized carbons (Fsp3) is 0.222. The van der Waals surface area contributed by atoms with Gasteiger partial charge in [-0.1, -0.05) is 6.07 Å². The Morgan fingerprint density at radius 2 is 1.68 bits per heavy atom. The van der Waals surface area contributed by atoms with Gasteiger partial charge in [0.15, 0.2) is 16.6 Å². The predicted octanol–water partition coefficient (Wildman–Crippen LogP) is 4.05. The van der Waals surface area contributed by atoms with Crippen LogP contribution in [0.1, 0.15) is 11.1 Å². The number of hydrogen-bond donors (Lipinski definition) is 2. The number of ether oxygens (including phenoxy) is 3. The topological polar surface area (TPSA) is 64.1 Å². The van der Waals surface area contributed by atoms with Crippen LogP contribution in [0.5, 0.6) is 17.2 Å². The smallest absolute Gasteiger partial charge is 0.416 e. The summed E-state index contributed by atoms with van der Waals surface area (Å²) in [6.07, 6.45) is -2.98. The van der Waals surface area contributed by atoms with Crippen LogP contribution in [0.2, 0.25) is 0 Å². The van der Waals surface area contributed by atoms with E-state index in [4.69, 9.17) is 26.4 Å². The first kappa shape index (κ1) is 21.3. The molecule has 0 aliphatic carbocycles. The summed E-state index contributed by atoms with van der Waals surface area (Å²) in [6, 6.07) is 8.03. The molecule has 0 fully saturated rings. The second kappa shape index (κ2) is 9.27. The second-order valence-corrected chi connectivity index (χ2v) is 5.77. The molecule has 0 aromatic heterocycles. The van der Waals surface area contributed by atoms with Crippen LogP contribution in [0.15, 0.2) is 41.5 Å². The van der Waals surface area contributed by atoms with Gasteiger partial charge in [0.2, 0.25) is 5.75 Å². The number of benzene rings is 2. The highest BCUT2D eigenvalue weighted by molar-refractivity contribution is 7.80. The molecule has 0 saturated carbocycles. The van der Waals surface area contributed by atoms with Gasteiger partial charge in [0.05, 0.1) is 33.1 Å². The number of nitrogens with zero attached hydrogens (tertiary/aromatic N) is 1. The van der Waals surface area contributed by atoms with Gasteiger partial charge in [-0.15, -0.1) is 0 Å². The molecule has 0 radical (unpaired) electrons. The lowest BCUT2D eigenvalue weighted by molar-refractivity contribution is -0.137. The Bertz CT molecular complexity index is 848. The van der Waals surface area contributed by atoms with Crippen molar-refractivity contribution in [3.8, 4) is 17.2 Å². The maximum atomic E-state index is 12.7. The summed E-state index contributed by atoms with van der Waals surface area (Å²) in [5.41, 5.74) is 2.58. The largest absolute Gasteiger partial charge is 0.493 e. The number of nitrogens with one attached hydrogen (secondary N) is 2. The number of anilines is 1. The summed E-state index contributed by atoms with van der Waals surface area (Å²) in [7, 11) is 4.47. The number of rotatable bonds is 6. The highest BCUT2D eigenvalue weighted by Crippen LogP contribution is 2.37. The van der Waals surface area contributed by atoms with E-state index in [1.165, 1.54) is 39.7 Å². The standard InChI is InChI=1S/C18H18F3N3O3S/c1-25-14-7-11(8-15(26-2)16(14)27-3)10-22-24-17(28)23-13-6-4-5-12(9-13)18(19,20)21/h4-10H,1-3H3,(H2,23,24,28)/b22-10+. The molecule has 0 heterocycles. The Hall–Kier alpha value is -3.01.